The molecule has 1 aliphatic heterocycles. The summed E-state index contributed by atoms with van der Waals surface area (Å²) in [5.74, 6) is -3.26. The van der Waals surface area contributed by atoms with E-state index < -0.39 is 29.7 Å². The fraction of sp³-hybridized carbons (Fsp3) is 0.412. The van der Waals surface area contributed by atoms with Gasteiger partial charge >= 0.3 is 5.97 Å². The van der Waals surface area contributed by atoms with E-state index in [1.165, 1.54) is 6.07 Å². The molecule has 24 heavy (non-hydrogen) atoms. The van der Waals surface area contributed by atoms with Gasteiger partial charge in [0.25, 0.3) is 11.8 Å². The number of aryl methyl sites for hydroxylation is 1. The first-order valence-electron chi connectivity index (χ1n) is 7.89. The van der Waals surface area contributed by atoms with Crippen molar-refractivity contribution in [1.82, 2.24) is 4.90 Å². The molecule has 1 aromatic carbocycles. The molecule has 0 aliphatic carbocycles. The molecule has 2 rings (SSSR count). The molecule has 3 N–H and O–H groups in total. The Kier molecular flexibility index (Phi) is 5.33. The number of hydrogen-bond acceptors (Lipinski definition) is 4. The number of carboxylic acids is 1. The predicted octanol–water partition coefficient (Wildman–Crippen LogP) is 1.34. The Balaban J connectivity index is 2.37. The number of carbonyl (C=O) groups excluding carboxylic acids is 3. The number of imide groups is 1. The van der Waals surface area contributed by atoms with Crippen molar-refractivity contribution in [1.29, 1.82) is 0 Å². The number of aliphatic carboxylic acids is 1. The molecule has 1 atom stereocenters. The number of amides is 3. The van der Waals surface area contributed by atoms with Crippen LogP contribution in [0.3, 0.4) is 0 Å². The lowest BCUT2D eigenvalue weighted by molar-refractivity contribution is -0.141. The smallest absolute Gasteiger partial charge is 0.326 e. The highest BCUT2D eigenvalue weighted by molar-refractivity contribution is 6.23. The number of primary amides is 1. The van der Waals surface area contributed by atoms with E-state index in [0.717, 1.165) is 23.3 Å². The van der Waals surface area contributed by atoms with Gasteiger partial charge in [-0.25, -0.2) is 4.79 Å². The fourth-order valence-corrected chi connectivity index (χ4v) is 2.87. The first-order valence-corrected chi connectivity index (χ1v) is 7.89. The van der Waals surface area contributed by atoms with Crippen molar-refractivity contribution in [3.8, 4) is 0 Å². The van der Waals surface area contributed by atoms with Crippen molar-refractivity contribution in [3.63, 3.8) is 0 Å². The molecule has 0 aromatic heterocycles. The van der Waals surface area contributed by atoms with Gasteiger partial charge in [-0.15, -0.1) is 0 Å². The largest absolute Gasteiger partial charge is 0.480 e. The number of hydrogen-bond donors (Lipinski definition) is 2. The number of rotatable bonds is 8. The van der Waals surface area contributed by atoms with Crippen molar-refractivity contribution < 1.29 is 24.3 Å². The van der Waals surface area contributed by atoms with E-state index >= 15 is 0 Å². The Labute approximate surface area is 139 Å². The second-order valence-corrected chi connectivity index (χ2v) is 5.78. The molecule has 0 spiro atoms. The highest BCUT2D eigenvalue weighted by Crippen LogP contribution is 2.29. The number of carbonyl (C=O) groups is 4. The minimum atomic E-state index is -1.40. The van der Waals surface area contributed by atoms with Gasteiger partial charge in [-0.1, -0.05) is 25.5 Å². The van der Waals surface area contributed by atoms with E-state index in [0.29, 0.717) is 6.42 Å². The molecule has 7 nitrogen and oxygen atoms in total. The summed E-state index contributed by atoms with van der Waals surface area (Å²) in [6, 6.07) is 3.60. The van der Waals surface area contributed by atoms with Gasteiger partial charge in [-0.3, -0.25) is 19.3 Å². The van der Waals surface area contributed by atoms with E-state index in [9.17, 15) is 24.3 Å². The zero-order valence-corrected chi connectivity index (χ0v) is 13.4. The van der Waals surface area contributed by atoms with Crippen LogP contribution in [0, 0.1) is 0 Å². The van der Waals surface area contributed by atoms with Gasteiger partial charge in [0.05, 0.1) is 11.1 Å². The standard InChI is InChI=1S/C17H20N2O5/c1-2-3-5-10-6-4-7-11-14(10)16(22)19(15(11)21)12(17(23)24)8-9-13(18)20/h4,6-7,12H,2-3,5,8-9H2,1H3,(H2,18,20)(H,23,24). The highest BCUT2D eigenvalue weighted by Gasteiger charge is 2.43. The lowest BCUT2D eigenvalue weighted by atomic mass is 9.98. The van der Waals surface area contributed by atoms with Gasteiger partial charge in [0, 0.05) is 6.42 Å². The van der Waals surface area contributed by atoms with Crippen LogP contribution in [0.15, 0.2) is 18.2 Å². The zero-order chi connectivity index (χ0) is 17.9. The number of benzene rings is 1. The van der Waals surface area contributed by atoms with Gasteiger partial charge in [0.15, 0.2) is 0 Å². The molecular weight excluding hydrogens is 312 g/mol. The SMILES string of the molecule is CCCCc1cccc2c1C(=O)N(C(CCC(N)=O)C(=O)O)C2=O. The normalized spacial score (nSPS) is 14.6. The Hall–Kier alpha value is -2.70. The van der Waals surface area contributed by atoms with Crippen LogP contribution >= 0.6 is 0 Å². The van der Waals surface area contributed by atoms with Crippen LogP contribution in [0.4, 0.5) is 0 Å². The summed E-state index contributed by atoms with van der Waals surface area (Å²) in [5.41, 5.74) is 6.30. The lowest BCUT2D eigenvalue weighted by Gasteiger charge is -2.22. The first-order chi connectivity index (χ1) is 11.4. The Bertz CT molecular complexity index is 698. The fourth-order valence-electron chi connectivity index (χ4n) is 2.87. The van der Waals surface area contributed by atoms with E-state index in [4.69, 9.17) is 5.73 Å². The summed E-state index contributed by atoms with van der Waals surface area (Å²) in [6.07, 6.45) is 2.03. The summed E-state index contributed by atoms with van der Waals surface area (Å²) in [6.45, 7) is 2.02. The monoisotopic (exact) mass is 332 g/mol. The number of fused-ring (bicyclic) bond motifs is 1. The summed E-state index contributed by atoms with van der Waals surface area (Å²) in [5, 5.41) is 9.37. The average molecular weight is 332 g/mol. The third-order valence-corrected chi connectivity index (χ3v) is 4.09. The molecule has 0 saturated heterocycles. The molecular formula is C17H20N2O5. The van der Waals surface area contributed by atoms with Crippen LogP contribution in [0.5, 0.6) is 0 Å². The third kappa shape index (κ3) is 3.29. The second-order valence-electron chi connectivity index (χ2n) is 5.78. The zero-order valence-electron chi connectivity index (χ0n) is 13.4. The average Bonchev–Trinajstić information content (AvgIpc) is 2.78. The van der Waals surface area contributed by atoms with Crippen LogP contribution in [-0.4, -0.2) is 39.7 Å². The van der Waals surface area contributed by atoms with Crippen LogP contribution in [0.25, 0.3) is 0 Å². The molecule has 7 heteroatoms. The van der Waals surface area contributed by atoms with Crippen molar-refractivity contribution in [2.45, 2.75) is 45.1 Å². The predicted molar refractivity (Wildman–Crippen MR) is 85.4 cm³/mol. The maximum atomic E-state index is 12.7. The molecule has 128 valence electrons. The van der Waals surface area contributed by atoms with Crippen LogP contribution in [0.2, 0.25) is 0 Å². The van der Waals surface area contributed by atoms with E-state index in [1.54, 1.807) is 12.1 Å². The molecule has 0 radical (unpaired) electrons. The molecule has 0 bridgehead atoms. The van der Waals surface area contributed by atoms with Crippen molar-refractivity contribution in [2.75, 3.05) is 0 Å². The Morgan fingerprint density at radius 2 is 1.96 bits per heavy atom. The van der Waals surface area contributed by atoms with Gasteiger partial charge in [-0.2, -0.15) is 0 Å². The summed E-state index contributed by atoms with van der Waals surface area (Å²) in [7, 11) is 0. The second kappa shape index (κ2) is 7.25. The quantitative estimate of drug-likeness (QED) is 0.697. The lowest BCUT2D eigenvalue weighted by Crippen LogP contribution is -2.45. The van der Waals surface area contributed by atoms with E-state index in [2.05, 4.69) is 0 Å². The van der Waals surface area contributed by atoms with Crippen LogP contribution in [0.1, 0.15) is 58.9 Å². The summed E-state index contributed by atoms with van der Waals surface area (Å²) in [4.78, 5) is 48.4. The minimum Gasteiger partial charge on any atom is -0.480 e. The molecule has 3 amide bonds. The maximum absolute atomic E-state index is 12.7. The van der Waals surface area contributed by atoms with Gasteiger partial charge < -0.3 is 10.8 Å². The number of carboxylic acid groups (broad SMARTS) is 1. The number of nitrogens with two attached hydrogens (primary N) is 1. The van der Waals surface area contributed by atoms with Gasteiger partial charge in [0.1, 0.15) is 6.04 Å². The van der Waals surface area contributed by atoms with Gasteiger partial charge in [0.2, 0.25) is 5.91 Å². The molecule has 1 unspecified atom stereocenters. The molecule has 1 aliphatic rings. The Morgan fingerprint density at radius 1 is 1.25 bits per heavy atom. The molecule has 1 heterocycles. The van der Waals surface area contributed by atoms with Crippen LogP contribution < -0.4 is 5.73 Å². The van der Waals surface area contributed by atoms with E-state index in [-0.39, 0.29) is 24.0 Å². The highest BCUT2D eigenvalue weighted by atomic mass is 16.4. The minimum absolute atomic E-state index is 0.194. The molecule has 0 saturated carbocycles. The summed E-state index contributed by atoms with van der Waals surface area (Å²) >= 11 is 0. The van der Waals surface area contributed by atoms with Gasteiger partial charge in [-0.05, 0) is 30.9 Å². The maximum Gasteiger partial charge on any atom is 0.326 e. The first kappa shape index (κ1) is 17.7. The van der Waals surface area contributed by atoms with Crippen molar-refractivity contribution >= 4 is 23.7 Å². The Morgan fingerprint density at radius 3 is 2.54 bits per heavy atom. The number of unbranched alkanes of at least 4 members (excludes halogenated alkanes) is 1. The van der Waals surface area contributed by atoms with Crippen LogP contribution in [-0.2, 0) is 16.0 Å². The molecule has 0 fully saturated rings. The van der Waals surface area contributed by atoms with E-state index in [1.807, 2.05) is 6.92 Å². The number of nitrogens with zero attached hydrogens (tertiary/aromatic N) is 1. The topological polar surface area (TPSA) is 118 Å². The van der Waals surface area contributed by atoms with Crippen molar-refractivity contribution in [2.24, 2.45) is 5.73 Å². The summed E-state index contributed by atoms with van der Waals surface area (Å²) < 4.78 is 0. The third-order valence-electron chi connectivity index (χ3n) is 4.09. The van der Waals surface area contributed by atoms with Crippen molar-refractivity contribution in [3.05, 3.63) is 34.9 Å². The molecule has 1 aromatic rings.